The van der Waals surface area contributed by atoms with E-state index in [9.17, 15) is 4.79 Å². The molecular weight excluding hydrogens is 192 g/mol. The van der Waals surface area contributed by atoms with Crippen molar-refractivity contribution in [3.8, 4) is 0 Å². The van der Waals surface area contributed by atoms with Gasteiger partial charge in [0.05, 0.1) is 12.6 Å². The number of anilines is 1. The van der Waals surface area contributed by atoms with Crippen molar-refractivity contribution in [2.24, 2.45) is 0 Å². The molecule has 3 N–H and O–H groups in total. The molecule has 1 aromatic carbocycles. The van der Waals surface area contributed by atoms with E-state index in [1.807, 2.05) is 12.1 Å². The van der Waals surface area contributed by atoms with Crippen LogP contribution in [0.1, 0.15) is 12.5 Å². The summed E-state index contributed by atoms with van der Waals surface area (Å²) in [6, 6.07) is 6.93. The average molecular weight is 208 g/mol. The van der Waals surface area contributed by atoms with Crippen molar-refractivity contribution in [3.05, 3.63) is 29.8 Å². The summed E-state index contributed by atoms with van der Waals surface area (Å²) in [6.07, 6.45) is 0. The molecule has 0 saturated heterocycles. The van der Waals surface area contributed by atoms with E-state index < -0.39 is 0 Å². The molecule has 0 radical (unpaired) electrons. The number of aliphatic hydroxyl groups is 1. The van der Waals surface area contributed by atoms with E-state index in [0.717, 1.165) is 0 Å². The Hall–Kier alpha value is -1.39. The molecule has 0 aromatic heterocycles. The zero-order chi connectivity index (χ0) is 11.3. The maximum atomic E-state index is 11.6. The first-order valence-corrected chi connectivity index (χ1v) is 4.86. The number of benzene rings is 1. The van der Waals surface area contributed by atoms with Crippen LogP contribution in [0.25, 0.3) is 0 Å². The van der Waals surface area contributed by atoms with E-state index in [-0.39, 0.29) is 18.6 Å². The smallest absolute Gasteiger partial charge is 0.241 e. The maximum Gasteiger partial charge on any atom is 0.241 e. The van der Waals surface area contributed by atoms with Gasteiger partial charge in [-0.05, 0) is 20.0 Å². The molecule has 0 aliphatic heterocycles. The Morgan fingerprint density at radius 3 is 2.73 bits per heavy atom. The van der Waals surface area contributed by atoms with Gasteiger partial charge < -0.3 is 15.7 Å². The molecule has 0 spiro atoms. The first-order valence-electron chi connectivity index (χ1n) is 4.86. The molecule has 1 atom stereocenters. The fraction of sp³-hybridized carbons (Fsp3) is 0.364. The zero-order valence-corrected chi connectivity index (χ0v) is 8.95. The van der Waals surface area contributed by atoms with Gasteiger partial charge in [-0.1, -0.05) is 18.2 Å². The average Bonchev–Trinajstić information content (AvgIpc) is 2.28. The minimum atomic E-state index is -0.253. The van der Waals surface area contributed by atoms with Crippen molar-refractivity contribution in [2.45, 2.75) is 19.6 Å². The van der Waals surface area contributed by atoms with E-state index in [4.69, 9.17) is 5.11 Å². The van der Waals surface area contributed by atoms with Crippen LogP contribution in [0.2, 0.25) is 0 Å². The van der Waals surface area contributed by atoms with Crippen LogP contribution in [-0.4, -0.2) is 24.1 Å². The summed E-state index contributed by atoms with van der Waals surface area (Å²) in [5.74, 6) is -0.113. The lowest BCUT2D eigenvalue weighted by molar-refractivity contribution is -0.117. The molecule has 0 heterocycles. The number of aliphatic hydroxyl groups excluding tert-OH is 1. The van der Waals surface area contributed by atoms with Crippen LogP contribution in [0.3, 0.4) is 0 Å². The lowest BCUT2D eigenvalue weighted by Crippen LogP contribution is -2.35. The van der Waals surface area contributed by atoms with Crippen molar-refractivity contribution in [1.82, 2.24) is 5.32 Å². The van der Waals surface area contributed by atoms with Gasteiger partial charge in [0.2, 0.25) is 5.91 Å². The number of hydrogen-bond donors (Lipinski definition) is 3. The topological polar surface area (TPSA) is 61.4 Å². The standard InChI is InChI=1S/C11H16N2O2/c1-8(12-2)11(15)13-10-6-4-3-5-9(10)7-14/h3-6,8,12,14H,7H2,1-2H3,(H,13,15). The van der Waals surface area contributed by atoms with Gasteiger partial charge in [-0.25, -0.2) is 0 Å². The van der Waals surface area contributed by atoms with E-state index >= 15 is 0 Å². The Morgan fingerprint density at radius 2 is 2.13 bits per heavy atom. The van der Waals surface area contributed by atoms with Gasteiger partial charge in [0.1, 0.15) is 0 Å². The monoisotopic (exact) mass is 208 g/mol. The maximum absolute atomic E-state index is 11.6. The second-order valence-electron chi connectivity index (χ2n) is 3.31. The third kappa shape index (κ3) is 3.04. The van der Waals surface area contributed by atoms with Gasteiger partial charge in [0.25, 0.3) is 0 Å². The first-order chi connectivity index (χ1) is 7.19. The van der Waals surface area contributed by atoms with E-state index in [1.165, 1.54) is 0 Å². The third-order valence-corrected chi connectivity index (χ3v) is 2.27. The SMILES string of the molecule is CNC(C)C(=O)Nc1ccccc1CO. The van der Waals surface area contributed by atoms with E-state index in [0.29, 0.717) is 11.3 Å². The molecule has 1 aromatic rings. The van der Waals surface area contributed by atoms with Crippen LogP contribution in [0, 0.1) is 0 Å². The molecule has 0 aliphatic carbocycles. The Kier molecular flexibility index (Phi) is 4.27. The first kappa shape index (κ1) is 11.7. The van der Waals surface area contributed by atoms with Crippen LogP contribution >= 0.6 is 0 Å². The summed E-state index contributed by atoms with van der Waals surface area (Å²) in [6.45, 7) is 1.70. The molecule has 1 unspecified atom stereocenters. The molecule has 15 heavy (non-hydrogen) atoms. The highest BCUT2D eigenvalue weighted by Crippen LogP contribution is 2.14. The second kappa shape index (κ2) is 5.48. The Labute approximate surface area is 89.3 Å². The number of amides is 1. The molecule has 0 fully saturated rings. The van der Waals surface area contributed by atoms with Gasteiger partial charge in [-0.3, -0.25) is 4.79 Å². The minimum absolute atomic E-state index is 0.0790. The van der Waals surface area contributed by atoms with Crippen LogP contribution in [0.5, 0.6) is 0 Å². The Balaban J connectivity index is 2.76. The number of para-hydroxylation sites is 1. The van der Waals surface area contributed by atoms with Crippen LogP contribution < -0.4 is 10.6 Å². The fourth-order valence-electron chi connectivity index (χ4n) is 1.15. The highest BCUT2D eigenvalue weighted by molar-refractivity contribution is 5.95. The molecular formula is C11H16N2O2. The number of carbonyl (C=O) groups excluding carboxylic acids is 1. The molecule has 0 aliphatic rings. The van der Waals surface area contributed by atoms with E-state index in [2.05, 4.69) is 10.6 Å². The van der Waals surface area contributed by atoms with Gasteiger partial charge in [-0.15, -0.1) is 0 Å². The van der Waals surface area contributed by atoms with Crippen molar-refractivity contribution in [2.75, 3.05) is 12.4 Å². The third-order valence-electron chi connectivity index (χ3n) is 2.27. The Morgan fingerprint density at radius 1 is 1.47 bits per heavy atom. The molecule has 4 nitrogen and oxygen atoms in total. The van der Waals surface area contributed by atoms with Crippen molar-refractivity contribution >= 4 is 11.6 Å². The van der Waals surface area contributed by atoms with Crippen molar-refractivity contribution in [1.29, 1.82) is 0 Å². The summed E-state index contributed by atoms with van der Waals surface area (Å²) in [4.78, 5) is 11.6. The zero-order valence-electron chi connectivity index (χ0n) is 8.95. The minimum Gasteiger partial charge on any atom is -0.392 e. The van der Waals surface area contributed by atoms with Gasteiger partial charge in [0.15, 0.2) is 0 Å². The largest absolute Gasteiger partial charge is 0.392 e. The Bertz CT molecular complexity index is 339. The van der Waals surface area contributed by atoms with Gasteiger partial charge >= 0.3 is 0 Å². The normalized spacial score (nSPS) is 12.2. The van der Waals surface area contributed by atoms with E-state index in [1.54, 1.807) is 26.1 Å². The number of rotatable bonds is 4. The quantitative estimate of drug-likeness (QED) is 0.683. The highest BCUT2D eigenvalue weighted by Gasteiger charge is 2.11. The molecule has 1 amide bonds. The number of nitrogens with one attached hydrogen (secondary N) is 2. The summed E-state index contributed by atoms with van der Waals surface area (Å²) in [5, 5.41) is 14.7. The summed E-state index contributed by atoms with van der Waals surface area (Å²) < 4.78 is 0. The highest BCUT2D eigenvalue weighted by atomic mass is 16.3. The van der Waals surface area contributed by atoms with Gasteiger partial charge in [-0.2, -0.15) is 0 Å². The molecule has 4 heteroatoms. The number of carbonyl (C=O) groups is 1. The lowest BCUT2D eigenvalue weighted by atomic mass is 10.2. The second-order valence-corrected chi connectivity index (χ2v) is 3.31. The summed E-state index contributed by atoms with van der Waals surface area (Å²) in [7, 11) is 1.72. The van der Waals surface area contributed by atoms with Crippen molar-refractivity contribution in [3.63, 3.8) is 0 Å². The fourth-order valence-corrected chi connectivity index (χ4v) is 1.15. The predicted molar refractivity (Wildman–Crippen MR) is 59.5 cm³/mol. The van der Waals surface area contributed by atoms with Crippen LogP contribution in [0.4, 0.5) is 5.69 Å². The van der Waals surface area contributed by atoms with Crippen LogP contribution in [-0.2, 0) is 11.4 Å². The number of hydrogen-bond acceptors (Lipinski definition) is 3. The molecule has 1 rings (SSSR count). The van der Waals surface area contributed by atoms with Crippen molar-refractivity contribution < 1.29 is 9.90 Å². The molecule has 82 valence electrons. The predicted octanol–water partition coefficient (Wildman–Crippen LogP) is 0.725. The summed E-state index contributed by atoms with van der Waals surface area (Å²) >= 11 is 0. The molecule has 0 saturated carbocycles. The van der Waals surface area contributed by atoms with Gasteiger partial charge in [0, 0.05) is 11.3 Å². The number of likely N-dealkylation sites (N-methyl/N-ethyl adjacent to an activating group) is 1. The van der Waals surface area contributed by atoms with Crippen LogP contribution in [0.15, 0.2) is 24.3 Å². The summed E-state index contributed by atoms with van der Waals surface area (Å²) in [5.41, 5.74) is 1.38. The molecule has 0 bridgehead atoms. The lowest BCUT2D eigenvalue weighted by Gasteiger charge is -2.13.